The van der Waals surface area contributed by atoms with Gasteiger partial charge in [0.1, 0.15) is 5.82 Å². The van der Waals surface area contributed by atoms with E-state index in [0.717, 1.165) is 34.8 Å². The van der Waals surface area contributed by atoms with Gasteiger partial charge in [-0.15, -0.1) is 0 Å². The van der Waals surface area contributed by atoms with Crippen LogP contribution in [0.2, 0.25) is 0 Å². The van der Waals surface area contributed by atoms with Crippen LogP contribution in [0.15, 0.2) is 48.8 Å². The van der Waals surface area contributed by atoms with Gasteiger partial charge in [-0.3, -0.25) is 4.98 Å². The van der Waals surface area contributed by atoms with Gasteiger partial charge in [-0.25, -0.2) is 4.98 Å². The molecule has 22 heavy (non-hydrogen) atoms. The van der Waals surface area contributed by atoms with Crippen LogP contribution >= 0.6 is 0 Å². The van der Waals surface area contributed by atoms with Gasteiger partial charge in [0.05, 0.1) is 5.69 Å². The van der Waals surface area contributed by atoms with Crippen LogP contribution in [0.25, 0.3) is 22.6 Å². The zero-order valence-corrected chi connectivity index (χ0v) is 13.3. The van der Waals surface area contributed by atoms with E-state index in [2.05, 4.69) is 55.0 Å². The fourth-order valence-electron chi connectivity index (χ4n) is 2.66. The number of hydrogen-bond donors (Lipinski definition) is 1. The largest absolute Gasteiger partial charge is 0.342 e. The van der Waals surface area contributed by atoms with E-state index in [1.165, 1.54) is 5.56 Å². The van der Waals surface area contributed by atoms with Crippen molar-refractivity contribution in [2.75, 3.05) is 0 Å². The Bertz CT molecular complexity index is 740. The summed E-state index contributed by atoms with van der Waals surface area (Å²) >= 11 is 0. The van der Waals surface area contributed by atoms with Gasteiger partial charge in [-0.1, -0.05) is 38.1 Å². The van der Waals surface area contributed by atoms with E-state index in [0.29, 0.717) is 5.92 Å². The molecule has 3 nitrogen and oxygen atoms in total. The number of H-pyrrole nitrogens is 1. The lowest BCUT2D eigenvalue weighted by atomic mass is 10.0. The van der Waals surface area contributed by atoms with Crippen LogP contribution in [0.5, 0.6) is 0 Å². The number of nitrogens with one attached hydrogen (secondary N) is 1. The topological polar surface area (TPSA) is 41.6 Å². The van der Waals surface area contributed by atoms with Gasteiger partial charge in [0.25, 0.3) is 0 Å². The zero-order chi connectivity index (χ0) is 15.5. The molecule has 1 aromatic carbocycles. The van der Waals surface area contributed by atoms with Crippen LogP contribution in [0.3, 0.4) is 0 Å². The number of aromatic amines is 1. The molecule has 0 fully saturated rings. The maximum Gasteiger partial charge on any atom is 0.138 e. The third kappa shape index (κ3) is 3.08. The van der Waals surface area contributed by atoms with Crippen molar-refractivity contribution in [3.63, 3.8) is 0 Å². The molecule has 0 aliphatic heterocycles. The summed E-state index contributed by atoms with van der Waals surface area (Å²) < 4.78 is 0. The smallest absolute Gasteiger partial charge is 0.138 e. The van der Waals surface area contributed by atoms with Gasteiger partial charge in [0, 0.05) is 29.2 Å². The van der Waals surface area contributed by atoms with E-state index < -0.39 is 0 Å². The number of pyridine rings is 1. The van der Waals surface area contributed by atoms with Gasteiger partial charge in [-0.05, 0) is 37.0 Å². The van der Waals surface area contributed by atoms with E-state index >= 15 is 0 Å². The Kier molecular flexibility index (Phi) is 4.05. The average molecular weight is 291 g/mol. The molecule has 0 amide bonds. The summed E-state index contributed by atoms with van der Waals surface area (Å²) in [6, 6.07) is 12.6. The number of nitrogens with zero attached hydrogens (tertiary/aromatic N) is 2. The van der Waals surface area contributed by atoms with Crippen molar-refractivity contribution in [3.8, 4) is 22.6 Å². The Morgan fingerprint density at radius 1 is 0.955 bits per heavy atom. The van der Waals surface area contributed by atoms with E-state index in [9.17, 15) is 0 Å². The van der Waals surface area contributed by atoms with Gasteiger partial charge in [0.2, 0.25) is 0 Å². The highest BCUT2D eigenvalue weighted by atomic mass is 14.9. The maximum absolute atomic E-state index is 4.76. The fourth-order valence-corrected chi connectivity index (χ4v) is 2.66. The number of benzene rings is 1. The minimum atomic E-state index is 0.676. The molecule has 2 heterocycles. The second-order valence-corrected chi connectivity index (χ2v) is 6.09. The van der Waals surface area contributed by atoms with Crippen molar-refractivity contribution in [3.05, 3.63) is 60.0 Å². The molecule has 0 saturated heterocycles. The van der Waals surface area contributed by atoms with E-state index in [-0.39, 0.29) is 0 Å². The number of aryl methyl sites for hydroxylation is 1. The van der Waals surface area contributed by atoms with Gasteiger partial charge in [0.15, 0.2) is 0 Å². The Morgan fingerprint density at radius 2 is 1.64 bits per heavy atom. The van der Waals surface area contributed by atoms with Crippen LogP contribution < -0.4 is 0 Å². The van der Waals surface area contributed by atoms with Gasteiger partial charge in [-0.2, -0.15) is 0 Å². The van der Waals surface area contributed by atoms with Crippen molar-refractivity contribution >= 4 is 0 Å². The molecule has 0 bridgehead atoms. The molecule has 3 aromatic rings. The zero-order valence-electron chi connectivity index (χ0n) is 13.3. The van der Waals surface area contributed by atoms with Crippen molar-refractivity contribution in [1.29, 1.82) is 0 Å². The third-order valence-corrected chi connectivity index (χ3v) is 3.71. The summed E-state index contributed by atoms with van der Waals surface area (Å²) in [7, 11) is 0. The monoisotopic (exact) mass is 291 g/mol. The van der Waals surface area contributed by atoms with Crippen molar-refractivity contribution in [2.24, 2.45) is 5.92 Å². The first kappa shape index (κ1) is 14.5. The predicted octanol–water partition coefficient (Wildman–Crippen LogP) is 4.65. The van der Waals surface area contributed by atoms with E-state index in [4.69, 9.17) is 4.98 Å². The summed E-state index contributed by atoms with van der Waals surface area (Å²) in [5, 5.41) is 0. The Hall–Kier alpha value is -2.42. The van der Waals surface area contributed by atoms with E-state index in [1.54, 1.807) is 12.4 Å². The molecule has 3 rings (SSSR count). The first-order valence-corrected chi connectivity index (χ1v) is 7.70. The molecular formula is C19H21N3. The fraction of sp³-hybridized carbons (Fsp3) is 0.263. The Balaban J connectivity index is 1.90. The van der Waals surface area contributed by atoms with Crippen LogP contribution in [0, 0.1) is 12.8 Å². The molecule has 0 radical (unpaired) electrons. The van der Waals surface area contributed by atoms with E-state index in [1.807, 2.05) is 12.1 Å². The summed E-state index contributed by atoms with van der Waals surface area (Å²) in [5.74, 6) is 1.59. The molecule has 0 aliphatic carbocycles. The number of rotatable bonds is 4. The molecule has 3 heteroatoms. The molecule has 0 aliphatic rings. The molecule has 0 saturated carbocycles. The quantitative estimate of drug-likeness (QED) is 0.760. The normalized spacial score (nSPS) is 11.1. The average Bonchev–Trinajstić information content (AvgIpc) is 2.90. The lowest BCUT2D eigenvalue weighted by Gasteiger charge is -2.05. The summed E-state index contributed by atoms with van der Waals surface area (Å²) in [6.07, 6.45) is 4.70. The van der Waals surface area contributed by atoms with Crippen molar-refractivity contribution in [2.45, 2.75) is 27.2 Å². The molecule has 2 aromatic heterocycles. The molecule has 1 N–H and O–H groups in total. The highest BCUT2D eigenvalue weighted by Crippen LogP contribution is 2.25. The van der Waals surface area contributed by atoms with Crippen molar-refractivity contribution in [1.82, 2.24) is 15.0 Å². The van der Waals surface area contributed by atoms with Crippen LogP contribution in [0.1, 0.15) is 25.1 Å². The maximum atomic E-state index is 4.76. The van der Waals surface area contributed by atoms with Crippen molar-refractivity contribution < 1.29 is 0 Å². The standard InChI is InChI=1S/C19H21N3/c1-13(2)12-15-4-6-17(7-5-15)19-21-14(3)18(22-19)16-8-10-20-11-9-16/h4-11,13H,12H2,1-3H3,(H,21,22). The molecule has 0 atom stereocenters. The highest BCUT2D eigenvalue weighted by Gasteiger charge is 2.10. The second-order valence-electron chi connectivity index (χ2n) is 6.09. The van der Waals surface area contributed by atoms with Crippen LogP contribution in [-0.2, 0) is 6.42 Å². The second kappa shape index (κ2) is 6.14. The predicted molar refractivity (Wildman–Crippen MR) is 90.5 cm³/mol. The Labute approximate surface area is 131 Å². The molecule has 112 valence electrons. The lowest BCUT2D eigenvalue weighted by molar-refractivity contribution is 0.647. The first-order chi connectivity index (χ1) is 10.6. The number of aromatic nitrogens is 3. The van der Waals surface area contributed by atoms with Gasteiger partial charge >= 0.3 is 0 Å². The minimum absolute atomic E-state index is 0.676. The SMILES string of the molecule is Cc1[nH]c(-c2ccc(CC(C)C)cc2)nc1-c1ccncc1. The molecule has 0 spiro atoms. The minimum Gasteiger partial charge on any atom is -0.342 e. The summed E-state index contributed by atoms with van der Waals surface area (Å²) in [6.45, 7) is 6.54. The molecule has 0 unspecified atom stereocenters. The summed E-state index contributed by atoms with van der Waals surface area (Å²) in [4.78, 5) is 12.2. The number of imidazole rings is 1. The summed E-state index contributed by atoms with van der Waals surface area (Å²) in [5.41, 5.74) is 5.65. The lowest BCUT2D eigenvalue weighted by Crippen LogP contribution is -1.93. The van der Waals surface area contributed by atoms with Crippen LogP contribution in [-0.4, -0.2) is 15.0 Å². The van der Waals surface area contributed by atoms with Crippen LogP contribution in [0.4, 0.5) is 0 Å². The third-order valence-electron chi connectivity index (χ3n) is 3.71. The number of hydrogen-bond acceptors (Lipinski definition) is 2. The van der Waals surface area contributed by atoms with Gasteiger partial charge < -0.3 is 4.98 Å². The highest BCUT2D eigenvalue weighted by molar-refractivity contribution is 5.67. The Morgan fingerprint density at radius 3 is 2.27 bits per heavy atom. The molecular weight excluding hydrogens is 270 g/mol. The first-order valence-electron chi connectivity index (χ1n) is 7.70.